The van der Waals surface area contributed by atoms with Gasteiger partial charge in [-0.1, -0.05) is 47.7 Å². The van der Waals surface area contributed by atoms with Gasteiger partial charge in [0.15, 0.2) is 0 Å². The number of benzene rings is 2. The number of amides is 1. The second-order valence-electron chi connectivity index (χ2n) is 6.19. The van der Waals surface area contributed by atoms with Gasteiger partial charge in [0.25, 0.3) is 0 Å². The van der Waals surface area contributed by atoms with E-state index in [1.165, 1.54) is 17.3 Å². The number of tetrazole rings is 1. The van der Waals surface area contributed by atoms with Gasteiger partial charge in [0.05, 0.1) is 11.4 Å². The van der Waals surface area contributed by atoms with E-state index < -0.39 is 0 Å². The zero-order valence-electron chi connectivity index (χ0n) is 15.0. The Morgan fingerprint density at radius 2 is 1.81 bits per heavy atom. The van der Waals surface area contributed by atoms with E-state index in [2.05, 4.69) is 15.5 Å². The molecule has 134 valence electrons. The molecule has 7 heteroatoms. The zero-order chi connectivity index (χ0) is 18.5. The Hall–Kier alpha value is -2.67. The third-order valence-electron chi connectivity index (χ3n) is 3.86. The molecule has 6 nitrogen and oxygen atoms in total. The van der Waals surface area contributed by atoms with Gasteiger partial charge in [-0.15, -0.1) is 5.10 Å². The van der Waals surface area contributed by atoms with Gasteiger partial charge >= 0.3 is 0 Å². The topological polar surface area (TPSA) is 63.9 Å². The molecule has 1 amide bonds. The molecule has 26 heavy (non-hydrogen) atoms. The Kier molecular flexibility index (Phi) is 5.68. The second kappa shape index (κ2) is 8.14. The van der Waals surface area contributed by atoms with E-state index in [0.29, 0.717) is 5.16 Å². The fourth-order valence-electron chi connectivity index (χ4n) is 2.63. The standard InChI is InChI=1S/C19H21N5OS/c1-14(2)23(16-7-5-4-6-8-16)18(25)13-26-19-20-21-22-24(19)17-11-9-15(3)10-12-17/h4-12,14H,13H2,1-3H3. The number of aromatic nitrogens is 4. The Labute approximate surface area is 157 Å². The van der Waals surface area contributed by atoms with E-state index >= 15 is 0 Å². The number of nitrogens with zero attached hydrogens (tertiary/aromatic N) is 5. The van der Waals surface area contributed by atoms with Gasteiger partial charge in [0.1, 0.15) is 0 Å². The minimum absolute atomic E-state index is 0.0228. The van der Waals surface area contributed by atoms with Crippen molar-refractivity contribution < 1.29 is 4.79 Å². The van der Waals surface area contributed by atoms with E-state index in [4.69, 9.17) is 0 Å². The maximum Gasteiger partial charge on any atom is 0.237 e. The average Bonchev–Trinajstić information content (AvgIpc) is 3.10. The Balaban J connectivity index is 1.74. The van der Waals surface area contributed by atoms with Crippen molar-refractivity contribution in [1.29, 1.82) is 0 Å². The van der Waals surface area contributed by atoms with E-state index in [9.17, 15) is 4.79 Å². The maximum absolute atomic E-state index is 12.8. The predicted molar refractivity (Wildman–Crippen MR) is 104 cm³/mol. The lowest BCUT2D eigenvalue weighted by atomic mass is 10.2. The van der Waals surface area contributed by atoms with Crippen molar-refractivity contribution in [1.82, 2.24) is 20.2 Å². The Morgan fingerprint density at radius 3 is 2.46 bits per heavy atom. The van der Waals surface area contributed by atoms with Crippen LogP contribution in [0.1, 0.15) is 19.4 Å². The van der Waals surface area contributed by atoms with Crippen LogP contribution in [0.15, 0.2) is 59.8 Å². The summed E-state index contributed by atoms with van der Waals surface area (Å²) in [5.74, 6) is 0.286. The molecule has 0 bridgehead atoms. The molecule has 0 N–H and O–H groups in total. The van der Waals surface area contributed by atoms with Crippen LogP contribution in [-0.2, 0) is 4.79 Å². The second-order valence-corrected chi connectivity index (χ2v) is 7.13. The molecule has 1 heterocycles. The number of anilines is 1. The molecule has 0 saturated heterocycles. The number of rotatable bonds is 6. The number of carbonyl (C=O) groups excluding carboxylic acids is 1. The predicted octanol–water partition coefficient (Wildman–Crippen LogP) is 3.50. The Morgan fingerprint density at radius 1 is 1.12 bits per heavy atom. The fourth-order valence-corrected chi connectivity index (χ4v) is 3.38. The molecule has 0 unspecified atom stereocenters. The normalized spacial score (nSPS) is 10.9. The van der Waals surface area contributed by atoms with Crippen LogP contribution in [0.2, 0.25) is 0 Å². The summed E-state index contributed by atoms with van der Waals surface area (Å²) in [6.45, 7) is 6.04. The van der Waals surface area contributed by atoms with Crippen LogP contribution in [0, 0.1) is 6.92 Å². The zero-order valence-corrected chi connectivity index (χ0v) is 15.8. The average molecular weight is 367 g/mol. The quantitative estimate of drug-likeness (QED) is 0.624. The lowest BCUT2D eigenvalue weighted by Crippen LogP contribution is -2.38. The minimum atomic E-state index is 0.0228. The van der Waals surface area contributed by atoms with Crippen LogP contribution < -0.4 is 4.90 Å². The molecule has 0 aliphatic heterocycles. The fraction of sp³-hybridized carbons (Fsp3) is 0.263. The summed E-state index contributed by atoms with van der Waals surface area (Å²) < 4.78 is 1.65. The number of aryl methyl sites for hydroxylation is 1. The highest BCUT2D eigenvalue weighted by atomic mass is 32.2. The SMILES string of the molecule is Cc1ccc(-n2nnnc2SCC(=O)N(c2ccccc2)C(C)C)cc1. The third kappa shape index (κ3) is 4.11. The molecule has 0 aliphatic carbocycles. The first-order valence-electron chi connectivity index (χ1n) is 8.41. The summed E-state index contributed by atoms with van der Waals surface area (Å²) in [5, 5.41) is 12.5. The van der Waals surface area contributed by atoms with Crippen molar-refractivity contribution in [3.05, 3.63) is 60.2 Å². The number of hydrogen-bond acceptors (Lipinski definition) is 5. The molecule has 0 radical (unpaired) electrons. The van der Waals surface area contributed by atoms with Gasteiger partial charge in [-0.25, -0.2) is 0 Å². The van der Waals surface area contributed by atoms with Gasteiger partial charge < -0.3 is 4.90 Å². The van der Waals surface area contributed by atoms with E-state index in [0.717, 1.165) is 11.4 Å². The van der Waals surface area contributed by atoms with Gasteiger partial charge in [-0.05, 0) is 55.5 Å². The third-order valence-corrected chi connectivity index (χ3v) is 4.77. The molecule has 3 aromatic rings. The van der Waals surface area contributed by atoms with Gasteiger partial charge in [-0.2, -0.15) is 4.68 Å². The van der Waals surface area contributed by atoms with Crippen LogP contribution in [-0.4, -0.2) is 37.9 Å². The van der Waals surface area contributed by atoms with Crippen LogP contribution >= 0.6 is 11.8 Å². The first-order valence-corrected chi connectivity index (χ1v) is 9.40. The maximum atomic E-state index is 12.8. The van der Waals surface area contributed by atoms with Crippen molar-refractivity contribution in [2.45, 2.75) is 32.0 Å². The van der Waals surface area contributed by atoms with Crippen molar-refractivity contribution in [2.75, 3.05) is 10.7 Å². The first-order chi connectivity index (χ1) is 12.6. The molecular weight excluding hydrogens is 346 g/mol. The van der Waals surface area contributed by atoms with Crippen molar-refractivity contribution >= 4 is 23.4 Å². The van der Waals surface area contributed by atoms with Crippen molar-refractivity contribution in [3.63, 3.8) is 0 Å². The van der Waals surface area contributed by atoms with E-state index in [-0.39, 0.29) is 17.7 Å². The molecule has 0 spiro atoms. The summed E-state index contributed by atoms with van der Waals surface area (Å²) in [4.78, 5) is 14.6. The molecule has 0 atom stereocenters. The highest BCUT2D eigenvalue weighted by molar-refractivity contribution is 7.99. The number of hydrogen-bond donors (Lipinski definition) is 0. The number of para-hydroxylation sites is 1. The molecule has 1 aromatic heterocycles. The lowest BCUT2D eigenvalue weighted by Gasteiger charge is -2.26. The minimum Gasteiger partial charge on any atom is -0.309 e. The summed E-state index contributed by atoms with van der Waals surface area (Å²) in [6, 6.07) is 17.7. The molecule has 0 saturated carbocycles. The van der Waals surface area contributed by atoms with Gasteiger partial charge in [0, 0.05) is 11.7 Å². The highest BCUT2D eigenvalue weighted by Crippen LogP contribution is 2.22. The van der Waals surface area contributed by atoms with Gasteiger partial charge in [-0.3, -0.25) is 4.79 Å². The van der Waals surface area contributed by atoms with Crippen LogP contribution in [0.5, 0.6) is 0 Å². The van der Waals surface area contributed by atoms with E-state index in [1.807, 2.05) is 75.4 Å². The summed E-state index contributed by atoms with van der Waals surface area (Å²) >= 11 is 1.34. The van der Waals surface area contributed by atoms with Crippen molar-refractivity contribution in [3.8, 4) is 5.69 Å². The van der Waals surface area contributed by atoms with Crippen LogP contribution in [0.4, 0.5) is 5.69 Å². The van der Waals surface area contributed by atoms with Crippen LogP contribution in [0.3, 0.4) is 0 Å². The lowest BCUT2D eigenvalue weighted by molar-refractivity contribution is -0.116. The van der Waals surface area contributed by atoms with Gasteiger partial charge in [0.2, 0.25) is 11.1 Å². The summed E-state index contributed by atoms with van der Waals surface area (Å²) in [7, 11) is 0. The largest absolute Gasteiger partial charge is 0.309 e. The van der Waals surface area contributed by atoms with Crippen molar-refractivity contribution in [2.24, 2.45) is 0 Å². The molecule has 3 rings (SSSR count). The van der Waals surface area contributed by atoms with E-state index in [1.54, 1.807) is 9.58 Å². The smallest absolute Gasteiger partial charge is 0.237 e. The molecule has 2 aromatic carbocycles. The molecule has 0 aliphatic rings. The number of thioether (sulfide) groups is 1. The Bertz CT molecular complexity index is 861. The molecule has 0 fully saturated rings. The molecular formula is C19H21N5OS. The summed E-state index contributed by atoms with van der Waals surface area (Å²) in [6.07, 6.45) is 0. The number of carbonyl (C=O) groups is 1. The monoisotopic (exact) mass is 367 g/mol. The first kappa shape index (κ1) is 18.1. The summed E-state index contributed by atoms with van der Waals surface area (Å²) in [5.41, 5.74) is 2.94. The highest BCUT2D eigenvalue weighted by Gasteiger charge is 2.20. The van der Waals surface area contributed by atoms with Crippen LogP contribution in [0.25, 0.3) is 5.69 Å².